The summed E-state index contributed by atoms with van der Waals surface area (Å²) >= 11 is 0. The summed E-state index contributed by atoms with van der Waals surface area (Å²) in [6.45, 7) is 1.99. The zero-order valence-corrected chi connectivity index (χ0v) is 17.9. The molecule has 6 nitrogen and oxygen atoms in total. The van der Waals surface area contributed by atoms with Gasteiger partial charge in [0.15, 0.2) is 5.82 Å². The number of carbonyl (C=O) groups is 1. The number of hydrogen-bond donors (Lipinski definition) is 2. The highest BCUT2D eigenvalue weighted by atomic mass is 19.4. The molecule has 0 bridgehead atoms. The van der Waals surface area contributed by atoms with E-state index in [-0.39, 0.29) is 5.69 Å². The van der Waals surface area contributed by atoms with Crippen molar-refractivity contribution in [1.29, 1.82) is 0 Å². The van der Waals surface area contributed by atoms with Gasteiger partial charge in [-0.1, -0.05) is 31.0 Å². The van der Waals surface area contributed by atoms with E-state index in [2.05, 4.69) is 25.7 Å². The normalized spacial score (nSPS) is 14.5. The molecule has 1 aliphatic rings. The molecule has 172 valence electrons. The van der Waals surface area contributed by atoms with Crippen LogP contribution in [0.15, 0.2) is 60.7 Å². The number of nitrogens with one attached hydrogen (secondary N) is 2. The third kappa shape index (κ3) is 6.00. The first-order valence-corrected chi connectivity index (χ1v) is 10.8. The molecule has 1 fully saturated rings. The highest BCUT2D eigenvalue weighted by Gasteiger charge is 2.30. The van der Waals surface area contributed by atoms with E-state index < -0.39 is 17.8 Å². The second-order valence-electron chi connectivity index (χ2n) is 7.91. The maximum Gasteiger partial charge on any atom is 0.416 e. The van der Waals surface area contributed by atoms with Crippen LogP contribution < -0.4 is 15.5 Å². The van der Waals surface area contributed by atoms with Gasteiger partial charge in [0.1, 0.15) is 0 Å². The molecular formula is C24H24F3N5O. The molecule has 9 heteroatoms. The molecule has 0 radical (unpaired) electrons. The Morgan fingerprint density at radius 1 is 0.818 bits per heavy atom. The van der Waals surface area contributed by atoms with E-state index in [4.69, 9.17) is 0 Å². The Morgan fingerprint density at radius 2 is 1.52 bits per heavy atom. The molecule has 0 unspecified atom stereocenters. The fraction of sp³-hybridized carbons (Fsp3) is 0.292. The van der Waals surface area contributed by atoms with Crippen molar-refractivity contribution in [2.24, 2.45) is 0 Å². The molecule has 0 spiro atoms. The minimum absolute atomic E-state index is 0.0544. The van der Waals surface area contributed by atoms with E-state index in [0.29, 0.717) is 11.4 Å². The van der Waals surface area contributed by atoms with Crippen LogP contribution in [-0.4, -0.2) is 29.3 Å². The second-order valence-corrected chi connectivity index (χ2v) is 7.91. The number of rotatable bonds is 4. The zero-order valence-electron chi connectivity index (χ0n) is 17.9. The number of anilines is 3. The lowest BCUT2D eigenvalue weighted by atomic mass is 10.1. The summed E-state index contributed by atoms with van der Waals surface area (Å²) in [4.78, 5) is 14.4. The Kier molecular flexibility index (Phi) is 6.76. The first-order chi connectivity index (χ1) is 15.9. The molecule has 4 rings (SSSR count). The van der Waals surface area contributed by atoms with Crippen LogP contribution in [0.3, 0.4) is 0 Å². The summed E-state index contributed by atoms with van der Waals surface area (Å²) in [7, 11) is 0. The van der Waals surface area contributed by atoms with E-state index in [1.54, 1.807) is 24.3 Å². The number of aromatic nitrogens is 2. The Labute approximate surface area is 189 Å². The molecule has 0 atom stereocenters. The summed E-state index contributed by atoms with van der Waals surface area (Å²) in [5.74, 6) is 0.880. The maximum absolute atomic E-state index is 12.8. The lowest BCUT2D eigenvalue weighted by Crippen LogP contribution is -2.25. The van der Waals surface area contributed by atoms with Crippen LogP contribution in [0.2, 0.25) is 0 Å². The summed E-state index contributed by atoms with van der Waals surface area (Å²) in [5.41, 5.74) is 1.28. The number of urea groups is 1. The van der Waals surface area contributed by atoms with Crippen molar-refractivity contribution in [3.8, 4) is 11.3 Å². The summed E-state index contributed by atoms with van der Waals surface area (Å²) in [6, 6.07) is 14.7. The SMILES string of the molecule is O=C(Nc1ccc(-c2ccc(N3CCCCCC3)nn2)cc1)Nc1cccc(C(F)(F)F)c1. The lowest BCUT2D eigenvalue weighted by Gasteiger charge is -2.20. The van der Waals surface area contributed by atoms with Gasteiger partial charge in [-0.2, -0.15) is 13.2 Å². The van der Waals surface area contributed by atoms with Crippen LogP contribution in [-0.2, 0) is 6.18 Å². The fourth-order valence-electron chi connectivity index (χ4n) is 3.74. The van der Waals surface area contributed by atoms with E-state index in [1.165, 1.54) is 37.8 Å². The minimum atomic E-state index is -4.47. The van der Waals surface area contributed by atoms with Crippen molar-refractivity contribution in [3.63, 3.8) is 0 Å². The summed E-state index contributed by atoms with van der Waals surface area (Å²) < 4.78 is 38.5. The smallest absolute Gasteiger partial charge is 0.355 e. The average Bonchev–Trinajstić information content (AvgIpc) is 3.09. The molecule has 0 saturated carbocycles. The zero-order chi connectivity index (χ0) is 23.3. The predicted octanol–water partition coefficient (Wildman–Crippen LogP) is 6.19. The van der Waals surface area contributed by atoms with Gasteiger partial charge in [0, 0.05) is 30.0 Å². The molecule has 1 aromatic heterocycles. The predicted molar refractivity (Wildman–Crippen MR) is 122 cm³/mol. The second kappa shape index (κ2) is 9.89. The first-order valence-electron chi connectivity index (χ1n) is 10.8. The van der Waals surface area contributed by atoms with E-state index in [9.17, 15) is 18.0 Å². The molecule has 1 saturated heterocycles. The van der Waals surface area contributed by atoms with Crippen LogP contribution in [0, 0.1) is 0 Å². The molecule has 0 aliphatic carbocycles. The average molecular weight is 455 g/mol. The van der Waals surface area contributed by atoms with Crippen molar-refractivity contribution in [2.45, 2.75) is 31.9 Å². The van der Waals surface area contributed by atoms with Gasteiger partial charge < -0.3 is 15.5 Å². The van der Waals surface area contributed by atoms with Crippen LogP contribution in [0.4, 0.5) is 35.2 Å². The Bertz CT molecular complexity index is 1080. The van der Waals surface area contributed by atoms with Crippen molar-refractivity contribution in [1.82, 2.24) is 10.2 Å². The number of carbonyl (C=O) groups excluding carboxylic acids is 1. The quantitative estimate of drug-likeness (QED) is 0.492. The molecule has 33 heavy (non-hydrogen) atoms. The van der Waals surface area contributed by atoms with Gasteiger partial charge in [0.2, 0.25) is 0 Å². The van der Waals surface area contributed by atoms with Crippen molar-refractivity contribution in [2.75, 3.05) is 28.6 Å². The third-order valence-corrected chi connectivity index (χ3v) is 5.47. The summed E-state index contributed by atoms with van der Waals surface area (Å²) in [5, 5.41) is 13.7. The number of halogens is 3. The number of nitrogens with zero attached hydrogens (tertiary/aromatic N) is 3. The van der Waals surface area contributed by atoms with E-state index >= 15 is 0 Å². The molecule has 1 aliphatic heterocycles. The highest BCUT2D eigenvalue weighted by Crippen LogP contribution is 2.30. The van der Waals surface area contributed by atoms with E-state index in [0.717, 1.165) is 36.6 Å². The fourth-order valence-corrected chi connectivity index (χ4v) is 3.74. The molecule has 2 N–H and O–H groups in total. The van der Waals surface area contributed by atoms with Crippen LogP contribution in [0.25, 0.3) is 11.3 Å². The number of alkyl halides is 3. The molecule has 2 amide bonds. The maximum atomic E-state index is 12.8. The van der Waals surface area contributed by atoms with Crippen LogP contribution in [0.5, 0.6) is 0 Å². The highest BCUT2D eigenvalue weighted by molar-refractivity contribution is 5.99. The first kappa shape index (κ1) is 22.6. The van der Waals surface area contributed by atoms with Gasteiger partial charge in [-0.05, 0) is 55.3 Å². The van der Waals surface area contributed by atoms with Gasteiger partial charge in [-0.15, -0.1) is 10.2 Å². The number of benzene rings is 2. The third-order valence-electron chi connectivity index (χ3n) is 5.47. The van der Waals surface area contributed by atoms with Gasteiger partial charge >= 0.3 is 12.2 Å². The monoisotopic (exact) mass is 455 g/mol. The van der Waals surface area contributed by atoms with E-state index in [1.807, 2.05) is 12.1 Å². The topological polar surface area (TPSA) is 70.2 Å². The molecular weight excluding hydrogens is 431 g/mol. The van der Waals surface area contributed by atoms with Crippen LogP contribution in [0.1, 0.15) is 31.2 Å². The van der Waals surface area contributed by atoms with Gasteiger partial charge in [-0.25, -0.2) is 4.79 Å². The summed E-state index contributed by atoms with van der Waals surface area (Å²) in [6.07, 6.45) is 0.359. The van der Waals surface area contributed by atoms with Gasteiger partial charge in [0.05, 0.1) is 11.3 Å². The largest absolute Gasteiger partial charge is 0.416 e. The van der Waals surface area contributed by atoms with Gasteiger partial charge in [-0.3, -0.25) is 0 Å². The van der Waals surface area contributed by atoms with Crippen molar-refractivity contribution >= 4 is 23.2 Å². The number of amides is 2. The Morgan fingerprint density at radius 3 is 2.15 bits per heavy atom. The van der Waals surface area contributed by atoms with Crippen molar-refractivity contribution in [3.05, 3.63) is 66.2 Å². The molecule has 3 aromatic rings. The molecule has 2 aromatic carbocycles. The van der Waals surface area contributed by atoms with Crippen molar-refractivity contribution < 1.29 is 18.0 Å². The standard InChI is InChI=1S/C24H24F3N5O/c25-24(26,27)18-6-5-7-20(16-18)29-23(33)28-19-10-8-17(9-11-19)21-12-13-22(31-30-21)32-14-3-1-2-4-15-32/h5-13,16H,1-4,14-15H2,(H2,28,29,33). The van der Waals surface area contributed by atoms with Gasteiger partial charge in [0.25, 0.3) is 0 Å². The molecule has 2 heterocycles. The van der Waals surface area contributed by atoms with Crippen LogP contribution >= 0.6 is 0 Å². The Hall–Kier alpha value is -3.62. The Balaban J connectivity index is 1.37. The number of hydrogen-bond acceptors (Lipinski definition) is 4. The lowest BCUT2D eigenvalue weighted by molar-refractivity contribution is -0.137. The minimum Gasteiger partial charge on any atom is -0.355 e.